The van der Waals surface area contributed by atoms with E-state index in [2.05, 4.69) is 66.7 Å². The quantitative estimate of drug-likeness (QED) is 0.0166. The third kappa shape index (κ3) is 57.9. The van der Waals surface area contributed by atoms with Crippen LogP contribution in [0, 0.1) is 6.07 Å². The molecule has 7 rings (SSSR count). The maximum Gasteiger partial charge on any atom is 0.306 e. The maximum absolute atomic E-state index is 12.1. The zero-order chi connectivity index (χ0) is 75.2. The second-order valence-corrected chi connectivity index (χ2v) is 31.5. The first-order valence-electron chi connectivity index (χ1n) is 43.4. The fraction of sp³-hybridized carbons (Fsp3) is 0.833. The van der Waals surface area contributed by atoms with E-state index in [0.717, 1.165) is 84.2 Å². The van der Waals surface area contributed by atoms with Crippen LogP contribution in [-0.2, 0) is 81.0 Å². The van der Waals surface area contributed by atoms with Crippen LogP contribution in [0.15, 0.2) is 48.5 Å². The molecule has 2 aromatic carbocycles. The zero-order valence-electron chi connectivity index (χ0n) is 68.3. The van der Waals surface area contributed by atoms with Gasteiger partial charge in [-0.15, -0.1) is 17.2 Å². The van der Waals surface area contributed by atoms with Crippen LogP contribution in [0.4, 0.5) is 0 Å². The Morgan fingerprint density at radius 2 is 0.762 bits per heavy atom. The third-order valence-corrected chi connectivity index (χ3v) is 21.1. The Labute approximate surface area is 660 Å². The minimum atomic E-state index is -0.390. The van der Waals surface area contributed by atoms with Crippen LogP contribution in [0.5, 0.6) is 5.75 Å². The van der Waals surface area contributed by atoms with E-state index in [1.54, 1.807) is 19.1 Å². The van der Waals surface area contributed by atoms with E-state index >= 15 is 0 Å². The minimum Gasteiger partial charge on any atom is -0.508 e. The van der Waals surface area contributed by atoms with Crippen LogP contribution in [-0.4, -0.2) is 123 Å². The molecule has 105 heavy (non-hydrogen) atoms. The fourth-order valence-corrected chi connectivity index (χ4v) is 13.4. The number of carbonyl (C=O) groups is 3. The van der Waals surface area contributed by atoms with Crippen molar-refractivity contribution in [3.05, 3.63) is 65.7 Å². The van der Waals surface area contributed by atoms with Gasteiger partial charge in [-0.25, -0.2) is 0 Å². The molecule has 5 aliphatic rings. The van der Waals surface area contributed by atoms with Crippen molar-refractivity contribution in [2.75, 3.05) is 45.5 Å². The number of ether oxygens (including phenoxy) is 9. The second kappa shape index (κ2) is 67.0. The number of benzene rings is 2. The van der Waals surface area contributed by atoms with E-state index in [1.165, 1.54) is 255 Å². The molecule has 5 fully saturated rings. The Morgan fingerprint density at radius 3 is 1.11 bits per heavy atom. The van der Waals surface area contributed by atoms with Gasteiger partial charge in [0.05, 0.1) is 75.0 Å². The van der Waals surface area contributed by atoms with E-state index in [1.807, 2.05) is 24.3 Å². The molecule has 0 saturated carbocycles. The Bertz CT molecular complexity index is 2290. The first-order chi connectivity index (χ1) is 50.8. The van der Waals surface area contributed by atoms with Crippen LogP contribution >= 0.6 is 11.6 Å². The van der Waals surface area contributed by atoms with Gasteiger partial charge in [0.15, 0.2) is 0 Å². The first-order valence-corrected chi connectivity index (χ1v) is 43.9. The van der Waals surface area contributed by atoms with Crippen molar-refractivity contribution in [2.45, 2.75) is 437 Å². The van der Waals surface area contributed by atoms with Gasteiger partial charge in [0.25, 0.3) is 0 Å². The van der Waals surface area contributed by atoms with Crippen molar-refractivity contribution in [3.8, 4) is 5.75 Å². The van der Waals surface area contributed by atoms with Crippen molar-refractivity contribution in [2.24, 2.45) is 0 Å². The summed E-state index contributed by atoms with van der Waals surface area (Å²) in [4.78, 5) is 35.9. The van der Waals surface area contributed by atoms with Gasteiger partial charge in [0.1, 0.15) is 24.6 Å². The summed E-state index contributed by atoms with van der Waals surface area (Å²) in [6.45, 7) is 21.6. The molecule has 2 aromatic rings. The predicted octanol–water partition coefficient (Wildman–Crippen LogP) is 24.4. The topological polar surface area (TPSA) is 171 Å². The van der Waals surface area contributed by atoms with E-state index in [0.29, 0.717) is 86.3 Å². The molecule has 15 heteroatoms. The SMILES string of the molecule is CC(C)(c1cc[c-]cc1)c1ccc(O)cc1.CCCCCCCCC1OC1CCCCCCCC(=O)OCC(C)OC(=O)CCCCCCCC1OC1CCCCCCCC.CCCCCCCCOC(=O)CCCCCCCC1OC1CCCCCCCC.CCCCOCC1CO1.ClCC1CO1.[V]. The van der Waals surface area contributed by atoms with Crippen molar-refractivity contribution < 1.29 is 80.7 Å². The fourth-order valence-electron chi connectivity index (χ4n) is 13.2. The largest absolute Gasteiger partial charge is 0.508 e. The molecule has 5 aliphatic heterocycles. The number of esters is 3. The van der Waals surface area contributed by atoms with Crippen molar-refractivity contribution in [1.29, 1.82) is 0 Å². The van der Waals surface area contributed by atoms with Crippen LogP contribution in [0.25, 0.3) is 0 Å². The zero-order valence-corrected chi connectivity index (χ0v) is 70.4. The normalized spacial score (nSPS) is 19.5. The summed E-state index contributed by atoms with van der Waals surface area (Å²) in [6, 6.07) is 18.4. The molecule has 5 saturated heterocycles. The van der Waals surface area contributed by atoms with E-state index in [-0.39, 0.29) is 54.6 Å². The van der Waals surface area contributed by atoms with Gasteiger partial charge in [-0.05, 0) is 101 Å². The van der Waals surface area contributed by atoms with E-state index < -0.39 is 0 Å². The number of alkyl halides is 1. The third-order valence-electron chi connectivity index (χ3n) is 20.7. The Balaban J connectivity index is 0.000000524. The summed E-state index contributed by atoms with van der Waals surface area (Å²) in [5, 5.41) is 9.29. The molecule has 9 atom stereocenters. The maximum atomic E-state index is 12.1. The molecule has 1 radical (unpaired) electrons. The van der Waals surface area contributed by atoms with E-state index in [9.17, 15) is 19.5 Å². The molecule has 1 N–H and O–H groups in total. The number of phenolic OH excluding ortho intramolecular Hbond substituents is 1. The van der Waals surface area contributed by atoms with Gasteiger partial charge < -0.3 is 47.7 Å². The number of carbonyl (C=O) groups excluding carboxylic acids is 3. The van der Waals surface area contributed by atoms with Crippen LogP contribution in [0.2, 0.25) is 0 Å². The smallest absolute Gasteiger partial charge is 0.306 e. The minimum absolute atomic E-state index is 0. The Morgan fingerprint density at radius 1 is 0.438 bits per heavy atom. The molecule has 0 aromatic heterocycles. The molecular formula is C90H156ClO13V-. The monoisotopic (exact) mass is 1530 g/mol. The average molecular weight is 1530 g/mol. The number of halogens is 1. The molecule has 5 heterocycles. The summed E-state index contributed by atoms with van der Waals surface area (Å²) < 4.78 is 48.6. The molecule has 0 spiro atoms. The standard InChI is InChI=1S/C39H72O6.C26H50O3.C15H15O.C7H14O2.C3H5ClO.V/c1-4-6-8-10-14-20-26-34-36(44-34)28-22-16-12-18-24-30-38(40)42-32-33(3)43-39(41)31-25-19-13-17-23-29-37-35(45-37)27-21-15-11-9-7-5-2;1-3-5-7-9-12-16-20-24-25(29-24)21-17-13-11-14-18-22-26(27)28-23-19-15-10-8-6-4-2;1-15(2,12-6-4-3-5-7-12)13-8-10-14(16)11-9-13;1-2-3-4-8-5-7-6-9-7;4-1-3-2-5-3;/h33-37H,4-32H2,1-3H3;24-25H,3-23H2,1-2H3;4-11,16H,1-2H3;7H,2-6H2,1H3;3H,1-2H2;/q;;-1;;;. The number of hydrogen-bond acceptors (Lipinski definition) is 13. The van der Waals surface area contributed by atoms with Crippen LogP contribution in [0.3, 0.4) is 0 Å². The molecule has 0 bridgehead atoms. The summed E-state index contributed by atoms with van der Waals surface area (Å²) >= 11 is 5.27. The number of phenols is 1. The molecule has 9 unspecified atom stereocenters. The van der Waals surface area contributed by atoms with Crippen molar-refractivity contribution >= 4 is 29.5 Å². The molecule has 0 amide bonds. The van der Waals surface area contributed by atoms with E-state index in [4.69, 9.17) is 54.2 Å². The molecule has 607 valence electrons. The number of aromatic hydroxyl groups is 1. The predicted molar refractivity (Wildman–Crippen MR) is 429 cm³/mol. The molecule has 0 aliphatic carbocycles. The Kier molecular flexibility index (Phi) is 62.8. The molecule has 13 nitrogen and oxygen atoms in total. The van der Waals surface area contributed by atoms with Gasteiger partial charge in [0, 0.05) is 44.4 Å². The average Bonchev–Trinajstić information content (AvgIpc) is 1.06. The van der Waals surface area contributed by atoms with Gasteiger partial charge in [-0.1, -0.05) is 292 Å². The van der Waals surface area contributed by atoms with Crippen molar-refractivity contribution in [1.82, 2.24) is 0 Å². The second-order valence-electron chi connectivity index (χ2n) is 31.2. The van der Waals surface area contributed by atoms with Gasteiger partial charge >= 0.3 is 17.9 Å². The summed E-state index contributed by atoms with van der Waals surface area (Å²) in [5.74, 6) is 0.600. The summed E-state index contributed by atoms with van der Waals surface area (Å²) in [6.07, 6.45) is 63.8. The first kappa shape index (κ1) is 98.4. The van der Waals surface area contributed by atoms with Crippen LogP contribution < -0.4 is 0 Å². The number of epoxide rings is 5. The van der Waals surface area contributed by atoms with Gasteiger partial charge in [-0.3, -0.25) is 14.4 Å². The Hall–Kier alpha value is -2.72. The van der Waals surface area contributed by atoms with Gasteiger partial charge in [-0.2, -0.15) is 30.3 Å². The summed E-state index contributed by atoms with van der Waals surface area (Å²) in [5.41, 5.74) is 2.39. The number of rotatable bonds is 63. The number of hydrogen-bond donors (Lipinski definition) is 1. The van der Waals surface area contributed by atoms with Crippen molar-refractivity contribution in [3.63, 3.8) is 0 Å². The summed E-state index contributed by atoms with van der Waals surface area (Å²) in [7, 11) is 0. The van der Waals surface area contributed by atoms with Crippen LogP contribution in [0.1, 0.15) is 388 Å². The molecular weight excluding hydrogens is 1380 g/mol. The van der Waals surface area contributed by atoms with Gasteiger partial charge in [0.2, 0.25) is 0 Å². The number of unbranched alkanes of at least 4 members (excludes halogenated alkanes) is 33.